The second-order valence-corrected chi connectivity index (χ2v) is 7.67. The maximum Gasteiger partial charge on any atom is 0.413 e. The van der Waals surface area contributed by atoms with Crippen LogP contribution in [0, 0.1) is 0 Å². The summed E-state index contributed by atoms with van der Waals surface area (Å²) in [4.78, 5) is 18.1. The Morgan fingerprint density at radius 2 is 1.93 bits per heavy atom. The van der Waals surface area contributed by atoms with Crippen molar-refractivity contribution in [2.24, 2.45) is 0 Å². The molecule has 3 rings (SSSR count). The molecule has 3 heterocycles. The minimum Gasteiger partial charge on any atom is -0.465 e. The minimum atomic E-state index is -4.68. The highest BCUT2D eigenvalue weighted by Crippen LogP contribution is 2.28. The van der Waals surface area contributed by atoms with Gasteiger partial charge < -0.3 is 19.5 Å². The number of aromatic nitrogens is 1. The van der Waals surface area contributed by atoms with Crippen LogP contribution in [-0.2, 0) is 16.1 Å². The standard InChI is InChI=1S/C20H28F3N3O4/c21-20(22,23)14-26(19(27)28)17-12-16(25-8-4-1-2-5-9-25)11-15(24-17)13-30-18-7-3-6-10-29-18/h11-12,18H,1-10,13-14H2,(H,27,28). The van der Waals surface area contributed by atoms with Gasteiger partial charge in [-0.15, -0.1) is 0 Å². The molecule has 30 heavy (non-hydrogen) atoms. The number of rotatable bonds is 6. The lowest BCUT2D eigenvalue weighted by Gasteiger charge is -2.27. The van der Waals surface area contributed by atoms with Crippen LogP contribution in [0.1, 0.15) is 50.6 Å². The Balaban J connectivity index is 1.86. The van der Waals surface area contributed by atoms with Gasteiger partial charge in [-0.2, -0.15) is 13.2 Å². The second-order valence-electron chi connectivity index (χ2n) is 7.67. The van der Waals surface area contributed by atoms with Crippen molar-refractivity contribution in [3.63, 3.8) is 0 Å². The van der Waals surface area contributed by atoms with Crippen molar-refractivity contribution in [1.82, 2.24) is 4.98 Å². The number of hydrogen-bond donors (Lipinski definition) is 1. The van der Waals surface area contributed by atoms with E-state index in [0.717, 1.165) is 58.0 Å². The number of carbonyl (C=O) groups is 1. The molecule has 0 aliphatic carbocycles. The van der Waals surface area contributed by atoms with Gasteiger partial charge in [-0.3, -0.25) is 4.90 Å². The summed E-state index contributed by atoms with van der Waals surface area (Å²) >= 11 is 0. The monoisotopic (exact) mass is 431 g/mol. The average molecular weight is 431 g/mol. The van der Waals surface area contributed by atoms with Gasteiger partial charge in [0.2, 0.25) is 0 Å². The van der Waals surface area contributed by atoms with Gasteiger partial charge >= 0.3 is 12.3 Å². The van der Waals surface area contributed by atoms with Crippen LogP contribution in [0.5, 0.6) is 0 Å². The molecule has 2 aliphatic heterocycles. The first-order chi connectivity index (χ1) is 14.3. The smallest absolute Gasteiger partial charge is 0.413 e. The Labute approximate surface area is 173 Å². The van der Waals surface area contributed by atoms with Crippen molar-refractivity contribution in [2.45, 2.75) is 64.0 Å². The summed E-state index contributed by atoms with van der Waals surface area (Å²) in [5.74, 6) is -0.246. The lowest BCUT2D eigenvalue weighted by molar-refractivity contribution is -0.169. The molecule has 0 radical (unpaired) electrons. The third-order valence-corrected chi connectivity index (χ3v) is 5.22. The molecule has 0 bridgehead atoms. The summed E-state index contributed by atoms with van der Waals surface area (Å²) in [6, 6.07) is 3.19. The third kappa shape index (κ3) is 6.73. The highest BCUT2D eigenvalue weighted by atomic mass is 19.4. The van der Waals surface area contributed by atoms with Crippen LogP contribution < -0.4 is 9.80 Å². The van der Waals surface area contributed by atoms with Crippen LogP contribution in [0.15, 0.2) is 12.1 Å². The topological polar surface area (TPSA) is 75.1 Å². The van der Waals surface area contributed by atoms with E-state index in [2.05, 4.69) is 9.88 Å². The first kappa shape index (κ1) is 22.6. The molecular formula is C20H28F3N3O4. The third-order valence-electron chi connectivity index (χ3n) is 5.22. The van der Waals surface area contributed by atoms with E-state index < -0.39 is 18.8 Å². The Bertz CT molecular complexity index is 703. The summed E-state index contributed by atoms with van der Waals surface area (Å²) in [6.07, 6.45) is 0.0890. The number of amides is 1. The van der Waals surface area contributed by atoms with Crippen molar-refractivity contribution in [1.29, 1.82) is 0 Å². The zero-order valence-electron chi connectivity index (χ0n) is 16.9. The molecule has 10 heteroatoms. The summed E-state index contributed by atoms with van der Waals surface area (Å²) in [6.45, 7) is 0.558. The van der Waals surface area contributed by atoms with Crippen LogP contribution in [-0.4, -0.2) is 54.9 Å². The highest BCUT2D eigenvalue weighted by Gasteiger charge is 2.35. The molecule has 2 fully saturated rings. The molecule has 1 unspecified atom stereocenters. The molecule has 1 N–H and O–H groups in total. The molecule has 1 aromatic rings. The Morgan fingerprint density at radius 3 is 2.53 bits per heavy atom. The van der Waals surface area contributed by atoms with Crippen LogP contribution in [0.25, 0.3) is 0 Å². The molecular weight excluding hydrogens is 403 g/mol. The molecule has 168 valence electrons. The highest BCUT2D eigenvalue weighted by molar-refractivity contribution is 5.85. The van der Waals surface area contributed by atoms with E-state index in [-0.39, 0.29) is 23.6 Å². The van der Waals surface area contributed by atoms with Crippen molar-refractivity contribution in [2.75, 3.05) is 36.0 Å². The van der Waals surface area contributed by atoms with E-state index in [0.29, 0.717) is 18.0 Å². The second kappa shape index (κ2) is 10.3. The maximum atomic E-state index is 13.0. The Hall–Kier alpha value is -2.07. The molecule has 0 spiro atoms. The zero-order chi connectivity index (χ0) is 21.6. The number of halogens is 3. The van der Waals surface area contributed by atoms with Crippen molar-refractivity contribution >= 4 is 17.6 Å². The SMILES string of the molecule is O=C(O)N(CC(F)(F)F)c1cc(N2CCCCCC2)cc(COC2CCCCO2)n1. The predicted octanol–water partition coefficient (Wildman–Crippen LogP) is 4.55. The van der Waals surface area contributed by atoms with Gasteiger partial charge in [0.05, 0.1) is 12.3 Å². The number of pyridine rings is 1. The number of carboxylic acid groups (broad SMARTS) is 1. The lowest BCUT2D eigenvalue weighted by atomic mass is 10.2. The fraction of sp³-hybridized carbons (Fsp3) is 0.700. The molecule has 2 aliphatic rings. The quantitative estimate of drug-likeness (QED) is 0.712. The van der Waals surface area contributed by atoms with Crippen LogP contribution in [0.3, 0.4) is 0 Å². The zero-order valence-corrected chi connectivity index (χ0v) is 16.9. The number of nitrogens with zero attached hydrogens (tertiary/aromatic N) is 3. The van der Waals surface area contributed by atoms with Crippen LogP contribution in [0.4, 0.5) is 29.5 Å². The van der Waals surface area contributed by atoms with Crippen molar-refractivity contribution in [3.05, 3.63) is 17.8 Å². The first-order valence-corrected chi connectivity index (χ1v) is 10.4. The largest absolute Gasteiger partial charge is 0.465 e. The normalized spacial score (nSPS) is 20.6. The average Bonchev–Trinajstić information content (AvgIpc) is 3.00. The van der Waals surface area contributed by atoms with Gasteiger partial charge in [-0.05, 0) is 38.2 Å². The van der Waals surface area contributed by atoms with E-state index >= 15 is 0 Å². The molecule has 0 saturated carbocycles. The van der Waals surface area contributed by atoms with E-state index in [1.165, 1.54) is 6.07 Å². The fourth-order valence-corrected chi connectivity index (χ4v) is 3.73. The first-order valence-electron chi connectivity index (χ1n) is 10.4. The Morgan fingerprint density at radius 1 is 1.20 bits per heavy atom. The number of ether oxygens (including phenoxy) is 2. The van der Waals surface area contributed by atoms with Gasteiger partial charge in [0.1, 0.15) is 12.4 Å². The Kier molecular flexibility index (Phi) is 7.76. The molecule has 0 aromatic carbocycles. The van der Waals surface area contributed by atoms with E-state index in [1.807, 2.05) is 0 Å². The van der Waals surface area contributed by atoms with Gasteiger partial charge in [0, 0.05) is 31.5 Å². The van der Waals surface area contributed by atoms with Crippen LogP contribution >= 0.6 is 0 Å². The van der Waals surface area contributed by atoms with Gasteiger partial charge in [-0.1, -0.05) is 12.8 Å². The number of alkyl halides is 3. The van der Waals surface area contributed by atoms with E-state index in [9.17, 15) is 23.1 Å². The lowest BCUT2D eigenvalue weighted by Crippen LogP contribution is -2.39. The maximum absolute atomic E-state index is 13.0. The van der Waals surface area contributed by atoms with E-state index in [4.69, 9.17) is 9.47 Å². The molecule has 1 aromatic heterocycles. The fourth-order valence-electron chi connectivity index (χ4n) is 3.73. The molecule has 1 amide bonds. The summed E-state index contributed by atoms with van der Waals surface area (Å²) < 4.78 is 50.2. The van der Waals surface area contributed by atoms with Gasteiger partial charge in [0.25, 0.3) is 0 Å². The van der Waals surface area contributed by atoms with Crippen molar-refractivity contribution in [3.8, 4) is 0 Å². The predicted molar refractivity (Wildman–Crippen MR) is 105 cm³/mol. The molecule has 1 atom stereocenters. The van der Waals surface area contributed by atoms with Gasteiger partial charge in [0.15, 0.2) is 6.29 Å². The molecule has 7 nitrogen and oxygen atoms in total. The van der Waals surface area contributed by atoms with Crippen LogP contribution in [0.2, 0.25) is 0 Å². The van der Waals surface area contributed by atoms with E-state index in [1.54, 1.807) is 6.07 Å². The summed E-state index contributed by atoms with van der Waals surface area (Å²) in [5, 5.41) is 9.38. The summed E-state index contributed by atoms with van der Waals surface area (Å²) in [7, 11) is 0. The van der Waals surface area contributed by atoms with Gasteiger partial charge in [-0.25, -0.2) is 9.78 Å². The number of hydrogen-bond acceptors (Lipinski definition) is 5. The number of anilines is 2. The van der Waals surface area contributed by atoms with Crippen molar-refractivity contribution < 1.29 is 32.5 Å². The molecule has 2 saturated heterocycles. The summed E-state index contributed by atoms with van der Waals surface area (Å²) in [5.41, 5.74) is 1.05. The minimum absolute atomic E-state index is 0.0405.